The zero-order valence-electron chi connectivity index (χ0n) is 39.0. The third kappa shape index (κ3) is 17.0. The summed E-state index contributed by atoms with van der Waals surface area (Å²) in [6.07, 6.45) is 3.94. The van der Waals surface area contributed by atoms with Crippen LogP contribution in [0.2, 0.25) is 0 Å². The van der Waals surface area contributed by atoms with Crippen molar-refractivity contribution in [3.63, 3.8) is 0 Å². The van der Waals surface area contributed by atoms with Crippen molar-refractivity contribution in [2.75, 3.05) is 20.6 Å². The summed E-state index contributed by atoms with van der Waals surface area (Å²) >= 11 is 0. The van der Waals surface area contributed by atoms with Gasteiger partial charge in [-0.2, -0.15) is 0 Å². The van der Waals surface area contributed by atoms with Crippen LogP contribution in [-0.4, -0.2) is 102 Å². The van der Waals surface area contributed by atoms with Gasteiger partial charge in [0.15, 0.2) is 11.9 Å². The van der Waals surface area contributed by atoms with Crippen molar-refractivity contribution in [3.05, 3.63) is 59.2 Å². The number of hydrogen-bond donors (Lipinski definition) is 3. The van der Waals surface area contributed by atoms with Gasteiger partial charge in [-0.3, -0.25) is 28.8 Å². The number of esters is 1. The molecule has 336 valence electrons. The van der Waals surface area contributed by atoms with E-state index in [1.807, 2.05) is 78.8 Å². The van der Waals surface area contributed by atoms with Crippen LogP contribution in [0.25, 0.3) is 0 Å². The largest absolute Gasteiger partial charge is 0.449 e. The molecular weight excluding hydrogens is 763 g/mol. The molecule has 0 bridgehead atoms. The maximum atomic E-state index is 14.0. The lowest BCUT2D eigenvalue weighted by Gasteiger charge is -2.33. The fraction of sp³-hybridized carbons (Fsp3) is 0.638. The van der Waals surface area contributed by atoms with E-state index < -0.39 is 53.8 Å². The predicted octanol–water partition coefficient (Wildman–Crippen LogP) is 5.81. The van der Waals surface area contributed by atoms with Crippen LogP contribution in [0.3, 0.4) is 0 Å². The Morgan fingerprint density at radius 3 is 1.92 bits per heavy atom. The molecule has 8 atom stereocenters. The van der Waals surface area contributed by atoms with Gasteiger partial charge in [0, 0.05) is 38.0 Å². The van der Waals surface area contributed by atoms with Crippen LogP contribution in [0, 0.1) is 29.6 Å². The first-order valence-corrected chi connectivity index (χ1v) is 21.4. The minimum Gasteiger partial charge on any atom is -0.449 e. The van der Waals surface area contributed by atoms with Crippen molar-refractivity contribution in [1.29, 1.82) is 0 Å². The number of nitrogens with zero attached hydrogens (tertiary/aromatic N) is 2. The second kappa shape index (κ2) is 25.7. The predicted molar refractivity (Wildman–Crippen MR) is 236 cm³/mol. The van der Waals surface area contributed by atoms with Crippen LogP contribution >= 0.6 is 0 Å². The number of likely N-dealkylation sites (N-methyl/N-ethyl adjacent to an activating group) is 2. The molecule has 0 aromatic heterocycles. The summed E-state index contributed by atoms with van der Waals surface area (Å²) in [7, 11) is 2.93. The van der Waals surface area contributed by atoms with Crippen molar-refractivity contribution in [2.45, 2.75) is 146 Å². The first-order chi connectivity index (χ1) is 28.0. The Morgan fingerprint density at radius 2 is 1.40 bits per heavy atom. The number of allylic oxidation sites excluding steroid dienone is 2. The van der Waals surface area contributed by atoms with Gasteiger partial charge in [0.1, 0.15) is 12.1 Å². The quantitative estimate of drug-likeness (QED) is 0.0665. The molecule has 0 aliphatic rings. The Balaban J connectivity index is 3.26. The number of Topliss-reactive ketones (excluding diaryl/α,β-unsaturated/α-hetero) is 1. The number of ether oxygens (including phenoxy) is 1. The van der Waals surface area contributed by atoms with E-state index in [1.54, 1.807) is 13.0 Å². The molecule has 1 aromatic carbocycles. The highest BCUT2D eigenvalue weighted by Gasteiger charge is 2.35. The molecule has 0 heterocycles. The minimum absolute atomic E-state index is 0.0455. The second-order valence-corrected chi connectivity index (χ2v) is 17.2. The van der Waals surface area contributed by atoms with Crippen molar-refractivity contribution in [3.8, 4) is 0 Å². The fourth-order valence-corrected chi connectivity index (χ4v) is 6.73. The maximum absolute atomic E-state index is 14.0. The number of carbonyl (C=O) groups excluding carboxylic acids is 7. The second-order valence-electron chi connectivity index (χ2n) is 17.2. The van der Waals surface area contributed by atoms with E-state index in [9.17, 15) is 33.6 Å². The fourth-order valence-electron chi connectivity index (χ4n) is 6.73. The van der Waals surface area contributed by atoms with Crippen molar-refractivity contribution in [1.82, 2.24) is 25.8 Å². The summed E-state index contributed by atoms with van der Waals surface area (Å²) in [6, 6.07) is 6.02. The molecule has 1 rings (SSSR count). The van der Waals surface area contributed by atoms with E-state index in [0.717, 1.165) is 5.56 Å². The van der Waals surface area contributed by atoms with Crippen molar-refractivity contribution < 1.29 is 38.3 Å². The Kier molecular flexibility index (Phi) is 22.8. The zero-order valence-corrected chi connectivity index (χ0v) is 39.0. The summed E-state index contributed by atoms with van der Waals surface area (Å²) in [4.78, 5) is 95.7. The van der Waals surface area contributed by atoms with Crippen LogP contribution in [0.4, 0.5) is 0 Å². The van der Waals surface area contributed by atoms with Crippen molar-refractivity contribution in [2.24, 2.45) is 29.6 Å². The van der Waals surface area contributed by atoms with E-state index >= 15 is 0 Å². The molecule has 0 aliphatic carbocycles. The molecule has 0 radical (unpaired) electrons. The third-order valence-corrected chi connectivity index (χ3v) is 11.5. The molecule has 0 fully saturated rings. The molecule has 13 heteroatoms. The van der Waals surface area contributed by atoms with Gasteiger partial charge >= 0.3 is 5.97 Å². The standard InChI is InChI=1S/C47H75N5O8/c1-16-30(7)33(10)34(11)38(49-43(55)29(5)6)24-23-32(9)47(59)60-40(25-28(3)4)44(56)48-35(12)45(57)52(15)39(26-37-21-19-18-20-22-37)46(58)51(14)27-41(54)50-42(36(13)53)31(8)17-2/h16,18-23,28-29,31,33-35,38-40,42H,17,24-27H2,1-15H3,(H,48,56)(H,49,55)(H,50,54)/b30-16+,32-23+/t31?,33-,34-,35+,38+,39-,40-,42+/m1/s1. The number of nitrogens with one attached hydrogen (secondary N) is 3. The SMILES string of the molecule is C/C=C(\C)[C@@H](C)[C@@H](C)[C@H](C/C=C(\C)C(=O)O[C@H](CC(C)C)C(=O)N[C@@H](C)C(=O)N(C)[C@H](Cc1ccccc1)C(=O)N(C)CC(=O)N[C@H](C(C)=O)C(C)CC)NC(=O)C(C)C. The third-order valence-electron chi connectivity index (χ3n) is 11.5. The zero-order chi connectivity index (χ0) is 46.0. The van der Waals surface area contributed by atoms with E-state index in [2.05, 4.69) is 42.8 Å². The Bertz CT molecular complexity index is 1670. The molecule has 5 amide bonds. The van der Waals surface area contributed by atoms with Gasteiger partial charge in [-0.15, -0.1) is 0 Å². The number of carbonyl (C=O) groups is 7. The molecule has 0 saturated heterocycles. The average Bonchev–Trinajstić information content (AvgIpc) is 3.20. The highest BCUT2D eigenvalue weighted by atomic mass is 16.5. The molecule has 1 aromatic rings. The van der Waals surface area contributed by atoms with Crippen LogP contribution in [0.5, 0.6) is 0 Å². The molecule has 3 N–H and O–H groups in total. The molecule has 13 nitrogen and oxygen atoms in total. The van der Waals surface area contributed by atoms with Crippen molar-refractivity contribution >= 4 is 41.3 Å². The van der Waals surface area contributed by atoms with Gasteiger partial charge in [0.2, 0.25) is 23.6 Å². The van der Waals surface area contributed by atoms with Gasteiger partial charge in [-0.25, -0.2) is 4.79 Å². The lowest BCUT2D eigenvalue weighted by molar-refractivity contribution is -0.154. The Morgan fingerprint density at radius 1 is 0.800 bits per heavy atom. The Labute approximate surface area is 359 Å². The minimum atomic E-state index is -1.21. The summed E-state index contributed by atoms with van der Waals surface area (Å²) in [5, 5.41) is 8.59. The van der Waals surface area contributed by atoms with Gasteiger partial charge in [0.05, 0.1) is 12.6 Å². The number of amides is 5. The normalized spacial score (nSPS) is 16.0. The van der Waals surface area contributed by atoms with E-state index in [-0.39, 0.29) is 72.3 Å². The molecule has 1 unspecified atom stereocenters. The summed E-state index contributed by atoms with van der Waals surface area (Å²) < 4.78 is 5.78. The molecule has 0 aliphatic heterocycles. The molecular formula is C47H75N5O8. The van der Waals surface area contributed by atoms with Gasteiger partial charge in [-0.1, -0.05) is 110 Å². The Hall–Kier alpha value is -4.81. The van der Waals surface area contributed by atoms with Gasteiger partial charge in [-0.05, 0) is 76.7 Å². The molecule has 60 heavy (non-hydrogen) atoms. The molecule has 0 spiro atoms. The number of ketones is 1. The van der Waals surface area contributed by atoms with Crippen LogP contribution in [-0.2, 0) is 44.7 Å². The van der Waals surface area contributed by atoms with Gasteiger partial charge in [0.25, 0.3) is 5.91 Å². The average molecular weight is 838 g/mol. The van der Waals surface area contributed by atoms with Crippen LogP contribution in [0.15, 0.2) is 53.6 Å². The van der Waals surface area contributed by atoms with Crippen LogP contribution < -0.4 is 16.0 Å². The first-order valence-electron chi connectivity index (χ1n) is 21.4. The first kappa shape index (κ1) is 53.2. The topological polar surface area (TPSA) is 171 Å². The monoisotopic (exact) mass is 838 g/mol. The summed E-state index contributed by atoms with van der Waals surface area (Å²) in [5.41, 5.74) is 2.25. The summed E-state index contributed by atoms with van der Waals surface area (Å²) in [5.74, 6) is -3.31. The summed E-state index contributed by atoms with van der Waals surface area (Å²) in [6.45, 7) is 23.6. The highest BCUT2D eigenvalue weighted by Crippen LogP contribution is 2.26. The van der Waals surface area contributed by atoms with E-state index in [0.29, 0.717) is 12.8 Å². The van der Waals surface area contributed by atoms with E-state index in [4.69, 9.17) is 4.74 Å². The lowest BCUT2D eigenvalue weighted by atomic mass is 9.82. The van der Waals surface area contributed by atoms with Crippen LogP contribution in [0.1, 0.15) is 115 Å². The number of benzene rings is 1. The lowest BCUT2D eigenvalue weighted by Crippen LogP contribution is -2.56. The number of rotatable bonds is 24. The highest BCUT2D eigenvalue weighted by molar-refractivity contribution is 5.95. The molecule has 0 saturated carbocycles. The smallest absolute Gasteiger partial charge is 0.334 e. The van der Waals surface area contributed by atoms with Gasteiger partial charge < -0.3 is 30.5 Å². The number of hydrogen-bond acceptors (Lipinski definition) is 8. The maximum Gasteiger partial charge on any atom is 0.334 e. The van der Waals surface area contributed by atoms with E-state index in [1.165, 1.54) is 43.3 Å².